The van der Waals surface area contributed by atoms with Crippen LogP contribution in [0.15, 0.2) is 18.6 Å². The van der Waals surface area contributed by atoms with Crippen molar-refractivity contribution in [2.75, 3.05) is 13.7 Å². The lowest BCUT2D eigenvalue weighted by Gasteiger charge is -2.19. The summed E-state index contributed by atoms with van der Waals surface area (Å²) >= 11 is 0. The molecule has 0 saturated heterocycles. The highest BCUT2D eigenvalue weighted by Crippen LogP contribution is 2.28. The van der Waals surface area contributed by atoms with E-state index in [1.807, 2.05) is 29.5 Å². The SMILES string of the molecule is CCNC(c1nccn1C)c1c(OC)cnn1C. The standard InChI is InChI=1S/C12H19N5O/c1-5-13-10(12-14-6-7-16(12)2)11-9(18-4)8-15-17(11)3/h6-8,10,13H,5H2,1-4H3. The average molecular weight is 249 g/mol. The fourth-order valence-corrected chi connectivity index (χ4v) is 2.08. The molecule has 1 unspecified atom stereocenters. The van der Waals surface area contributed by atoms with Crippen molar-refractivity contribution in [3.63, 3.8) is 0 Å². The molecule has 2 aromatic heterocycles. The van der Waals surface area contributed by atoms with Crippen molar-refractivity contribution in [3.8, 4) is 5.75 Å². The maximum atomic E-state index is 5.37. The fraction of sp³-hybridized carbons (Fsp3) is 0.500. The number of aromatic nitrogens is 4. The monoisotopic (exact) mass is 249 g/mol. The second-order valence-corrected chi connectivity index (χ2v) is 4.11. The number of ether oxygens (including phenoxy) is 1. The highest BCUT2D eigenvalue weighted by molar-refractivity contribution is 5.32. The Labute approximate surface area is 107 Å². The van der Waals surface area contributed by atoms with Crippen LogP contribution in [0.2, 0.25) is 0 Å². The highest BCUT2D eigenvalue weighted by Gasteiger charge is 2.24. The lowest BCUT2D eigenvalue weighted by atomic mass is 10.1. The molecule has 1 atom stereocenters. The van der Waals surface area contributed by atoms with E-state index < -0.39 is 0 Å². The second-order valence-electron chi connectivity index (χ2n) is 4.11. The first-order valence-corrected chi connectivity index (χ1v) is 5.95. The Morgan fingerprint density at radius 2 is 2.22 bits per heavy atom. The van der Waals surface area contributed by atoms with Gasteiger partial charge in [0.15, 0.2) is 5.75 Å². The normalized spacial score (nSPS) is 12.7. The molecule has 0 aliphatic rings. The summed E-state index contributed by atoms with van der Waals surface area (Å²) in [6, 6.07) is -0.0301. The number of nitrogens with one attached hydrogen (secondary N) is 1. The Hall–Kier alpha value is -1.82. The molecule has 0 aliphatic heterocycles. The van der Waals surface area contributed by atoms with Crippen molar-refractivity contribution in [2.45, 2.75) is 13.0 Å². The molecule has 98 valence electrons. The molecule has 0 spiro atoms. The average Bonchev–Trinajstić information content (AvgIpc) is 2.93. The second kappa shape index (κ2) is 5.22. The van der Waals surface area contributed by atoms with Crippen molar-refractivity contribution < 1.29 is 4.74 Å². The number of imidazole rings is 1. The molecule has 0 fully saturated rings. The molecular weight excluding hydrogens is 230 g/mol. The van der Waals surface area contributed by atoms with Gasteiger partial charge in [-0.3, -0.25) is 4.68 Å². The van der Waals surface area contributed by atoms with Crippen LogP contribution < -0.4 is 10.1 Å². The molecule has 0 amide bonds. The van der Waals surface area contributed by atoms with E-state index >= 15 is 0 Å². The molecule has 2 rings (SSSR count). The van der Waals surface area contributed by atoms with Crippen LogP contribution in [0.4, 0.5) is 0 Å². The van der Waals surface area contributed by atoms with Gasteiger partial charge in [-0.25, -0.2) is 4.98 Å². The van der Waals surface area contributed by atoms with E-state index in [2.05, 4.69) is 22.3 Å². The van der Waals surface area contributed by atoms with Crippen LogP contribution in [-0.4, -0.2) is 33.0 Å². The molecule has 6 heteroatoms. The minimum atomic E-state index is -0.0301. The first kappa shape index (κ1) is 12.6. The third-order valence-corrected chi connectivity index (χ3v) is 2.97. The maximum Gasteiger partial charge on any atom is 0.162 e. The number of aryl methyl sites for hydroxylation is 2. The topological polar surface area (TPSA) is 56.9 Å². The number of hydrogen-bond acceptors (Lipinski definition) is 4. The van der Waals surface area contributed by atoms with Crippen LogP contribution in [0.5, 0.6) is 5.75 Å². The summed E-state index contributed by atoms with van der Waals surface area (Å²) in [5.74, 6) is 1.71. The van der Waals surface area contributed by atoms with Gasteiger partial charge in [0, 0.05) is 26.5 Å². The Morgan fingerprint density at radius 1 is 1.44 bits per heavy atom. The number of methoxy groups -OCH3 is 1. The Balaban J connectivity index is 2.47. The van der Waals surface area contributed by atoms with Gasteiger partial charge < -0.3 is 14.6 Å². The molecule has 0 saturated carbocycles. The molecule has 6 nitrogen and oxygen atoms in total. The van der Waals surface area contributed by atoms with Crippen LogP contribution in [0.1, 0.15) is 24.5 Å². The molecule has 18 heavy (non-hydrogen) atoms. The lowest BCUT2D eigenvalue weighted by molar-refractivity contribution is 0.398. The zero-order chi connectivity index (χ0) is 13.1. The molecule has 2 aromatic rings. The van der Waals surface area contributed by atoms with Crippen molar-refractivity contribution in [1.29, 1.82) is 0 Å². The summed E-state index contributed by atoms with van der Waals surface area (Å²) in [7, 11) is 5.54. The van der Waals surface area contributed by atoms with Gasteiger partial charge in [-0.2, -0.15) is 5.10 Å². The molecule has 2 heterocycles. The van der Waals surface area contributed by atoms with Crippen LogP contribution >= 0.6 is 0 Å². The van der Waals surface area contributed by atoms with E-state index in [-0.39, 0.29) is 6.04 Å². The molecule has 0 aromatic carbocycles. The third kappa shape index (κ3) is 2.11. The maximum absolute atomic E-state index is 5.37. The first-order chi connectivity index (χ1) is 8.69. The van der Waals surface area contributed by atoms with Gasteiger partial charge in [-0.15, -0.1) is 0 Å². The van der Waals surface area contributed by atoms with Gasteiger partial charge >= 0.3 is 0 Å². The summed E-state index contributed by atoms with van der Waals surface area (Å²) in [6.07, 6.45) is 5.45. The molecular formula is C12H19N5O. The number of nitrogens with zero attached hydrogens (tertiary/aromatic N) is 4. The molecule has 0 bridgehead atoms. The largest absolute Gasteiger partial charge is 0.493 e. The summed E-state index contributed by atoms with van der Waals surface area (Å²) in [5, 5.41) is 7.66. The predicted octanol–water partition coefficient (Wildman–Crippen LogP) is 0.861. The molecule has 1 N–H and O–H groups in total. The fourth-order valence-electron chi connectivity index (χ4n) is 2.08. The highest BCUT2D eigenvalue weighted by atomic mass is 16.5. The summed E-state index contributed by atoms with van der Waals surface area (Å²) < 4.78 is 9.19. The zero-order valence-electron chi connectivity index (χ0n) is 11.2. The van der Waals surface area contributed by atoms with Gasteiger partial charge in [0.05, 0.1) is 13.3 Å². The van der Waals surface area contributed by atoms with Gasteiger partial charge in [0.2, 0.25) is 0 Å². The van der Waals surface area contributed by atoms with Gasteiger partial charge in [-0.1, -0.05) is 6.92 Å². The van der Waals surface area contributed by atoms with Crippen molar-refractivity contribution in [2.24, 2.45) is 14.1 Å². The smallest absolute Gasteiger partial charge is 0.162 e. The first-order valence-electron chi connectivity index (χ1n) is 5.95. The van der Waals surface area contributed by atoms with E-state index in [9.17, 15) is 0 Å². The van der Waals surface area contributed by atoms with Crippen molar-refractivity contribution in [3.05, 3.63) is 30.1 Å². The lowest BCUT2D eigenvalue weighted by Crippen LogP contribution is -2.27. The summed E-state index contributed by atoms with van der Waals surface area (Å²) in [4.78, 5) is 4.41. The van der Waals surface area contributed by atoms with E-state index in [0.29, 0.717) is 0 Å². The van der Waals surface area contributed by atoms with Gasteiger partial charge in [-0.05, 0) is 6.54 Å². The van der Waals surface area contributed by atoms with Crippen molar-refractivity contribution in [1.82, 2.24) is 24.6 Å². The predicted molar refractivity (Wildman–Crippen MR) is 68.5 cm³/mol. The molecule has 0 radical (unpaired) electrons. The summed E-state index contributed by atoms with van der Waals surface area (Å²) in [5.41, 5.74) is 0.980. The minimum absolute atomic E-state index is 0.0301. The minimum Gasteiger partial charge on any atom is -0.493 e. The van der Waals surface area contributed by atoms with E-state index in [1.54, 1.807) is 19.5 Å². The Morgan fingerprint density at radius 3 is 2.78 bits per heavy atom. The van der Waals surface area contributed by atoms with Crippen molar-refractivity contribution >= 4 is 0 Å². The van der Waals surface area contributed by atoms with Crippen LogP contribution in [0.3, 0.4) is 0 Å². The van der Waals surface area contributed by atoms with Crippen LogP contribution in [-0.2, 0) is 14.1 Å². The number of hydrogen-bond donors (Lipinski definition) is 1. The van der Waals surface area contributed by atoms with Crippen LogP contribution in [0, 0.1) is 0 Å². The van der Waals surface area contributed by atoms with E-state index in [0.717, 1.165) is 23.8 Å². The molecule has 0 aliphatic carbocycles. The van der Waals surface area contributed by atoms with Gasteiger partial charge in [0.25, 0.3) is 0 Å². The third-order valence-electron chi connectivity index (χ3n) is 2.97. The number of rotatable bonds is 5. The zero-order valence-corrected chi connectivity index (χ0v) is 11.2. The quantitative estimate of drug-likeness (QED) is 0.854. The Bertz CT molecular complexity index is 516. The van der Waals surface area contributed by atoms with E-state index in [1.165, 1.54) is 0 Å². The summed E-state index contributed by atoms with van der Waals surface area (Å²) in [6.45, 7) is 2.91. The van der Waals surface area contributed by atoms with Crippen LogP contribution in [0.25, 0.3) is 0 Å². The van der Waals surface area contributed by atoms with Gasteiger partial charge in [0.1, 0.15) is 17.6 Å². The Kier molecular flexibility index (Phi) is 3.66. The van der Waals surface area contributed by atoms with E-state index in [4.69, 9.17) is 4.74 Å².